The molecule has 4 heterocycles. The Balaban J connectivity index is 1.32. The lowest BCUT2D eigenvalue weighted by atomic mass is 9.94. The van der Waals surface area contributed by atoms with Crippen LogP contribution in [-0.2, 0) is 17.8 Å². The number of rotatable bonds is 3. The zero-order chi connectivity index (χ0) is 21.2. The van der Waals surface area contributed by atoms with Gasteiger partial charge in [0, 0.05) is 55.6 Å². The number of nitrogens with one attached hydrogen (secondary N) is 1. The van der Waals surface area contributed by atoms with Crippen LogP contribution in [0.4, 0.5) is 5.82 Å². The van der Waals surface area contributed by atoms with E-state index < -0.39 is 0 Å². The number of fused-ring (bicyclic) bond motifs is 1. The Morgan fingerprint density at radius 2 is 2.03 bits per heavy atom. The summed E-state index contributed by atoms with van der Waals surface area (Å²) in [5.41, 5.74) is 4.64. The van der Waals surface area contributed by atoms with Crippen LogP contribution in [0.2, 0.25) is 0 Å². The number of aromatic nitrogens is 3. The molecule has 1 saturated heterocycles. The average Bonchev–Trinajstić information content (AvgIpc) is 3.27. The number of carbonyl (C=O) groups excluding carboxylic acids is 1. The van der Waals surface area contributed by atoms with E-state index in [1.54, 1.807) is 18.3 Å². The second kappa shape index (κ2) is 8.23. The topological polar surface area (TPSA) is 88.9 Å². The fourth-order valence-corrected chi connectivity index (χ4v) is 4.61. The maximum Gasteiger partial charge on any atom is 0.227 e. The summed E-state index contributed by atoms with van der Waals surface area (Å²) in [5.74, 6) is 1.15. The minimum atomic E-state index is -0.0115. The van der Waals surface area contributed by atoms with Gasteiger partial charge in [-0.1, -0.05) is 18.2 Å². The summed E-state index contributed by atoms with van der Waals surface area (Å²) in [6, 6.07) is 15.5. The van der Waals surface area contributed by atoms with Crippen molar-refractivity contribution in [2.75, 3.05) is 24.5 Å². The molecule has 1 fully saturated rings. The molecule has 1 N–H and O–H groups in total. The Bertz CT molecular complexity index is 1120. The number of benzene rings is 1. The fourth-order valence-electron chi connectivity index (χ4n) is 4.61. The molecule has 3 aromatic rings. The van der Waals surface area contributed by atoms with Crippen molar-refractivity contribution in [1.82, 2.24) is 20.1 Å². The number of hydrogen-bond donors (Lipinski definition) is 1. The fraction of sp³-hybridized carbons (Fsp3) is 0.333. The number of piperidine rings is 1. The quantitative estimate of drug-likeness (QED) is 0.714. The summed E-state index contributed by atoms with van der Waals surface area (Å²) < 4.78 is 0. The molecule has 1 amide bonds. The van der Waals surface area contributed by atoms with Crippen LogP contribution in [0.1, 0.15) is 29.7 Å². The van der Waals surface area contributed by atoms with Gasteiger partial charge in [0.1, 0.15) is 5.82 Å². The lowest BCUT2D eigenvalue weighted by Crippen LogP contribution is -2.46. The number of hydrogen-bond acceptors (Lipinski definition) is 5. The number of anilines is 1. The predicted octanol–water partition coefficient (Wildman–Crippen LogP) is 3.14. The van der Waals surface area contributed by atoms with Crippen molar-refractivity contribution in [2.45, 2.75) is 25.8 Å². The number of nitrogens with zero attached hydrogens (tertiary/aromatic N) is 5. The Morgan fingerprint density at radius 1 is 1.16 bits per heavy atom. The third-order valence-electron chi connectivity index (χ3n) is 6.28. The Kier molecular flexibility index (Phi) is 5.13. The Hall–Kier alpha value is -3.66. The van der Waals surface area contributed by atoms with Gasteiger partial charge in [-0.3, -0.25) is 9.89 Å². The van der Waals surface area contributed by atoms with Gasteiger partial charge in [0.25, 0.3) is 0 Å². The van der Waals surface area contributed by atoms with Crippen molar-refractivity contribution in [3.8, 4) is 17.3 Å². The number of carbonyl (C=O) groups is 1. The second-order valence-electron chi connectivity index (χ2n) is 8.20. The van der Waals surface area contributed by atoms with Crippen LogP contribution in [0.15, 0.2) is 48.7 Å². The van der Waals surface area contributed by atoms with Crippen LogP contribution in [0.5, 0.6) is 0 Å². The summed E-state index contributed by atoms with van der Waals surface area (Å²) in [6.45, 7) is 2.93. The molecule has 2 aromatic heterocycles. The monoisotopic (exact) mass is 412 g/mol. The first-order chi connectivity index (χ1) is 15.2. The zero-order valence-electron chi connectivity index (χ0n) is 17.3. The lowest BCUT2D eigenvalue weighted by Gasteiger charge is -2.36. The van der Waals surface area contributed by atoms with Crippen molar-refractivity contribution in [3.63, 3.8) is 0 Å². The molecular formula is C24H24N6O. The summed E-state index contributed by atoms with van der Waals surface area (Å²) >= 11 is 0. The highest BCUT2D eigenvalue weighted by Crippen LogP contribution is 2.30. The van der Waals surface area contributed by atoms with Crippen LogP contribution in [-0.4, -0.2) is 45.6 Å². The van der Waals surface area contributed by atoms with E-state index >= 15 is 0 Å². The first-order valence-electron chi connectivity index (χ1n) is 10.7. The van der Waals surface area contributed by atoms with Crippen molar-refractivity contribution in [2.24, 2.45) is 5.92 Å². The van der Waals surface area contributed by atoms with Gasteiger partial charge in [-0.05, 0) is 37.1 Å². The number of nitriles is 1. The Labute approximate surface area is 181 Å². The number of aromatic amines is 1. The molecule has 2 aliphatic heterocycles. The van der Waals surface area contributed by atoms with Crippen LogP contribution in [0.3, 0.4) is 0 Å². The van der Waals surface area contributed by atoms with E-state index in [-0.39, 0.29) is 11.8 Å². The van der Waals surface area contributed by atoms with Gasteiger partial charge in [-0.15, -0.1) is 0 Å². The van der Waals surface area contributed by atoms with Crippen LogP contribution >= 0.6 is 0 Å². The van der Waals surface area contributed by atoms with E-state index in [1.165, 1.54) is 0 Å². The molecule has 31 heavy (non-hydrogen) atoms. The normalized spacial score (nSPS) is 18.4. The number of pyridine rings is 1. The number of amides is 1. The van der Waals surface area contributed by atoms with Crippen molar-refractivity contribution in [3.05, 3.63) is 65.5 Å². The molecule has 0 aliphatic carbocycles. The number of H-pyrrole nitrogens is 1. The van der Waals surface area contributed by atoms with E-state index in [9.17, 15) is 4.79 Å². The van der Waals surface area contributed by atoms with E-state index in [0.29, 0.717) is 25.2 Å². The molecule has 0 saturated carbocycles. The van der Waals surface area contributed by atoms with E-state index in [1.807, 2.05) is 35.2 Å². The van der Waals surface area contributed by atoms with E-state index in [0.717, 1.165) is 54.1 Å². The maximum atomic E-state index is 13.4. The molecular weight excluding hydrogens is 388 g/mol. The summed E-state index contributed by atoms with van der Waals surface area (Å²) in [6.07, 6.45) is 4.49. The molecule has 1 aromatic carbocycles. The molecule has 7 nitrogen and oxygen atoms in total. The van der Waals surface area contributed by atoms with E-state index in [4.69, 9.17) is 5.26 Å². The molecule has 0 radical (unpaired) electrons. The smallest absolute Gasteiger partial charge is 0.227 e. The van der Waals surface area contributed by atoms with Crippen LogP contribution < -0.4 is 4.90 Å². The first-order valence-corrected chi connectivity index (χ1v) is 10.7. The van der Waals surface area contributed by atoms with Gasteiger partial charge < -0.3 is 9.80 Å². The largest absolute Gasteiger partial charge is 0.356 e. The minimum Gasteiger partial charge on any atom is -0.356 e. The lowest BCUT2D eigenvalue weighted by molar-refractivity contribution is -0.136. The van der Waals surface area contributed by atoms with Gasteiger partial charge in [0.2, 0.25) is 5.91 Å². The van der Waals surface area contributed by atoms with Crippen molar-refractivity contribution >= 4 is 11.7 Å². The first kappa shape index (κ1) is 19.3. The molecule has 2 aliphatic rings. The van der Waals surface area contributed by atoms with Crippen LogP contribution in [0, 0.1) is 17.2 Å². The molecule has 5 rings (SSSR count). The van der Waals surface area contributed by atoms with E-state index in [2.05, 4.69) is 26.2 Å². The van der Waals surface area contributed by atoms with Gasteiger partial charge in [-0.25, -0.2) is 4.98 Å². The van der Waals surface area contributed by atoms with Gasteiger partial charge in [-0.2, -0.15) is 10.4 Å². The summed E-state index contributed by atoms with van der Waals surface area (Å²) in [5, 5.41) is 16.7. The van der Waals surface area contributed by atoms with Gasteiger partial charge in [0.15, 0.2) is 0 Å². The third-order valence-corrected chi connectivity index (χ3v) is 6.28. The zero-order valence-corrected chi connectivity index (χ0v) is 17.3. The highest BCUT2D eigenvalue weighted by molar-refractivity contribution is 5.80. The van der Waals surface area contributed by atoms with Gasteiger partial charge >= 0.3 is 0 Å². The van der Waals surface area contributed by atoms with Crippen molar-refractivity contribution < 1.29 is 4.79 Å². The molecule has 1 unspecified atom stereocenters. The molecule has 0 spiro atoms. The highest BCUT2D eigenvalue weighted by Gasteiger charge is 2.33. The highest BCUT2D eigenvalue weighted by atomic mass is 16.2. The standard InChI is InChI=1S/C24H24N6O/c25-14-17-6-8-18(9-7-17)23-20-16-30(13-10-21(20)27-28-23)24(31)19-4-3-12-29(15-19)22-5-1-2-11-26-22/h1-2,5-9,11,19H,3-4,10,12-13,15-16H2,(H,27,28). The second-order valence-corrected chi connectivity index (χ2v) is 8.20. The molecule has 0 bridgehead atoms. The SMILES string of the molecule is N#Cc1ccc(-c2n[nH]c3c2CN(C(=O)C2CCCN(c4ccccn4)C2)CC3)cc1. The van der Waals surface area contributed by atoms with Crippen molar-refractivity contribution in [1.29, 1.82) is 5.26 Å². The maximum absolute atomic E-state index is 13.4. The molecule has 7 heteroatoms. The van der Waals surface area contributed by atoms with Gasteiger partial charge in [0.05, 0.1) is 23.2 Å². The summed E-state index contributed by atoms with van der Waals surface area (Å²) in [4.78, 5) is 22.1. The molecule has 1 atom stereocenters. The molecule has 156 valence electrons. The third kappa shape index (κ3) is 3.77. The average molecular weight is 412 g/mol. The Morgan fingerprint density at radius 3 is 2.81 bits per heavy atom. The van der Waals surface area contributed by atoms with Crippen LogP contribution in [0.25, 0.3) is 11.3 Å². The minimum absolute atomic E-state index is 0.0115. The predicted molar refractivity (Wildman–Crippen MR) is 117 cm³/mol. The summed E-state index contributed by atoms with van der Waals surface area (Å²) in [7, 11) is 0.